The number of hydrogen-bond donors (Lipinski definition) is 0. The molecule has 0 bridgehead atoms. The topological polar surface area (TPSA) is 9.23 Å². The Hall–Kier alpha value is -0.560. The smallest absolute Gasteiger partial charge is 0.111 e. The molecule has 0 aromatic heterocycles. The predicted octanol–water partition coefficient (Wildman–Crippen LogP) is 4.25. The fraction of sp³-hybridized carbons (Fsp3) is 0.714. The van der Waals surface area contributed by atoms with Gasteiger partial charge < -0.3 is 4.74 Å². The molecule has 0 aromatic carbocycles. The van der Waals surface area contributed by atoms with Crippen LogP contribution in [0.5, 0.6) is 0 Å². The second-order valence-electron chi connectivity index (χ2n) is 4.85. The summed E-state index contributed by atoms with van der Waals surface area (Å²) in [6.45, 7) is 15.3. The summed E-state index contributed by atoms with van der Waals surface area (Å²) in [5.74, 6) is 0. The van der Waals surface area contributed by atoms with Crippen LogP contribution in [-0.2, 0) is 4.74 Å². The zero-order valence-corrected chi connectivity index (χ0v) is 11.2. The summed E-state index contributed by atoms with van der Waals surface area (Å²) in [6.07, 6.45) is 1.30. The Morgan fingerprint density at radius 2 is 1.40 bits per heavy atom. The van der Waals surface area contributed by atoms with Gasteiger partial charge in [0.15, 0.2) is 0 Å². The second-order valence-corrected chi connectivity index (χ2v) is 4.85. The van der Waals surface area contributed by atoms with Crippen molar-refractivity contribution in [3.63, 3.8) is 0 Å². The van der Waals surface area contributed by atoms with E-state index in [4.69, 9.17) is 4.74 Å². The molecule has 0 radical (unpaired) electrons. The highest BCUT2D eigenvalue weighted by atomic mass is 16.5. The fourth-order valence-corrected chi connectivity index (χ4v) is 2.64. The molecule has 0 saturated heterocycles. The van der Waals surface area contributed by atoms with E-state index in [1.54, 1.807) is 0 Å². The van der Waals surface area contributed by atoms with Crippen molar-refractivity contribution in [3.05, 3.63) is 22.3 Å². The molecule has 0 aromatic rings. The van der Waals surface area contributed by atoms with E-state index >= 15 is 0 Å². The van der Waals surface area contributed by atoms with Crippen molar-refractivity contribution in [3.8, 4) is 0 Å². The summed E-state index contributed by atoms with van der Waals surface area (Å²) in [4.78, 5) is 0. The zero-order valence-electron chi connectivity index (χ0n) is 11.2. The molecular weight excluding hydrogens is 184 g/mol. The van der Waals surface area contributed by atoms with Gasteiger partial charge in [-0.15, -0.1) is 0 Å². The molecule has 0 N–H and O–H groups in total. The maximum atomic E-state index is 6.20. The van der Waals surface area contributed by atoms with Gasteiger partial charge in [0.25, 0.3) is 0 Å². The van der Waals surface area contributed by atoms with Gasteiger partial charge in [-0.25, -0.2) is 0 Å². The van der Waals surface area contributed by atoms with Crippen LogP contribution in [-0.4, -0.2) is 11.7 Å². The summed E-state index contributed by atoms with van der Waals surface area (Å²) in [7, 11) is 0. The van der Waals surface area contributed by atoms with Crippen LogP contribution in [0.2, 0.25) is 0 Å². The van der Waals surface area contributed by atoms with E-state index in [0.717, 1.165) is 6.42 Å². The Bertz CT molecular complexity index is 294. The molecule has 0 amide bonds. The van der Waals surface area contributed by atoms with Gasteiger partial charge in [-0.2, -0.15) is 0 Å². The largest absolute Gasteiger partial charge is 0.364 e. The van der Waals surface area contributed by atoms with Crippen molar-refractivity contribution in [1.82, 2.24) is 0 Å². The van der Waals surface area contributed by atoms with Crippen LogP contribution in [0.25, 0.3) is 0 Å². The van der Waals surface area contributed by atoms with Gasteiger partial charge in [0, 0.05) is 0 Å². The summed E-state index contributed by atoms with van der Waals surface area (Å²) in [5, 5.41) is 0. The molecule has 1 aliphatic rings. The maximum absolute atomic E-state index is 6.20. The summed E-state index contributed by atoms with van der Waals surface area (Å²) >= 11 is 0. The molecule has 0 unspecified atom stereocenters. The van der Waals surface area contributed by atoms with Gasteiger partial charge in [-0.1, -0.05) is 6.92 Å². The van der Waals surface area contributed by atoms with Crippen molar-refractivity contribution in [1.29, 1.82) is 0 Å². The molecule has 86 valence electrons. The van der Waals surface area contributed by atoms with Crippen LogP contribution in [0.1, 0.15) is 54.9 Å². The Labute approximate surface area is 94.2 Å². The first-order valence-electron chi connectivity index (χ1n) is 5.91. The third-order valence-corrected chi connectivity index (χ3v) is 3.83. The van der Waals surface area contributed by atoms with Crippen LogP contribution in [0.4, 0.5) is 0 Å². The Balaban J connectivity index is 3.21. The lowest BCUT2D eigenvalue weighted by Crippen LogP contribution is -2.35. The van der Waals surface area contributed by atoms with Crippen molar-refractivity contribution in [2.24, 2.45) is 0 Å². The van der Waals surface area contributed by atoms with Gasteiger partial charge in [-0.05, 0) is 70.3 Å². The summed E-state index contributed by atoms with van der Waals surface area (Å²) in [5.41, 5.74) is 5.50. The van der Waals surface area contributed by atoms with Crippen LogP contribution in [0, 0.1) is 0 Å². The lowest BCUT2D eigenvalue weighted by Gasteiger charge is -2.34. The average Bonchev–Trinajstić information content (AvgIpc) is 2.33. The molecule has 1 nitrogen and oxygen atoms in total. The van der Waals surface area contributed by atoms with Crippen molar-refractivity contribution in [2.45, 2.75) is 66.6 Å². The van der Waals surface area contributed by atoms with Crippen LogP contribution in [0.15, 0.2) is 22.3 Å². The molecule has 0 spiro atoms. The quantitative estimate of drug-likeness (QED) is 0.674. The first-order valence-corrected chi connectivity index (χ1v) is 5.91. The Kier molecular flexibility index (Phi) is 3.44. The SMILES string of the molecule is CCC1(OC(C)C)C(C)=C(C)C(C)=C1C. The molecule has 0 aliphatic heterocycles. The Morgan fingerprint density at radius 3 is 1.67 bits per heavy atom. The minimum Gasteiger partial charge on any atom is -0.364 e. The predicted molar refractivity (Wildman–Crippen MR) is 66.0 cm³/mol. The van der Waals surface area contributed by atoms with Gasteiger partial charge in [0.1, 0.15) is 5.60 Å². The van der Waals surface area contributed by atoms with Crippen molar-refractivity contribution < 1.29 is 4.74 Å². The van der Waals surface area contributed by atoms with Crippen LogP contribution >= 0.6 is 0 Å². The summed E-state index contributed by atoms with van der Waals surface area (Å²) in [6, 6.07) is 0. The number of allylic oxidation sites excluding steroid dienone is 2. The monoisotopic (exact) mass is 208 g/mol. The van der Waals surface area contributed by atoms with Crippen LogP contribution < -0.4 is 0 Å². The maximum Gasteiger partial charge on any atom is 0.111 e. The van der Waals surface area contributed by atoms with Gasteiger partial charge in [0.2, 0.25) is 0 Å². The van der Waals surface area contributed by atoms with Gasteiger partial charge >= 0.3 is 0 Å². The lowest BCUT2D eigenvalue weighted by molar-refractivity contribution is -0.0313. The normalized spacial score (nSPS) is 20.8. The third-order valence-electron chi connectivity index (χ3n) is 3.83. The molecule has 0 fully saturated rings. The van der Waals surface area contributed by atoms with E-state index in [9.17, 15) is 0 Å². The van der Waals surface area contributed by atoms with E-state index in [-0.39, 0.29) is 11.7 Å². The molecule has 0 saturated carbocycles. The zero-order chi connectivity index (χ0) is 11.8. The lowest BCUT2D eigenvalue weighted by atomic mass is 9.87. The second kappa shape index (κ2) is 4.13. The standard InChI is InChI=1S/C14H24O/c1-8-14(15-9(2)3)12(6)10(4)11(5)13(14)7/h9H,8H2,1-7H3. The number of rotatable bonds is 3. The van der Waals surface area contributed by atoms with Gasteiger partial charge in [-0.3, -0.25) is 0 Å². The first-order chi connectivity index (χ1) is 6.86. The highest BCUT2D eigenvalue weighted by Gasteiger charge is 2.40. The van der Waals surface area contributed by atoms with Crippen LogP contribution in [0.3, 0.4) is 0 Å². The van der Waals surface area contributed by atoms with Crippen molar-refractivity contribution >= 4 is 0 Å². The molecule has 0 heterocycles. The summed E-state index contributed by atoms with van der Waals surface area (Å²) < 4.78 is 6.20. The molecule has 15 heavy (non-hydrogen) atoms. The van der Waals surface area contributed by atoms with E-state index in [1.165, 1.54) is 22.3 Å². The Morgan fingerprint density at radius 1 is 1.00 bits per heavy atom. The highest BCUT2D eigenvalue weighted by Crippen LogP contribution is 2.45. The minimum atomic E-state index is -0.123. The molecule has 1 aliphatic carbocycles. The van der Waals surface area contributed by atoms with E-state index in [0.29, 0.717) is 0 Å². The van der Waals surface area contributed by atoms with E-state index < -0.39 is 0 Å². The van der Waals surface area contributed by atoms with Gasteiger partial charge in [0.05, 0.1) is 6.10 Å². The van der Waals surface area contributed by atoms with Crippen molar-refractivity contribution in [2.75, 3.05) is 0 Å². The molecule has 0 atom stereocenters. The molecule has 1 heteroatoms. The molecular formula is C14H24O. The minimum absolute atomic E-state index is 0.123. The molecule has 1 rings (SSSR count). The first kappa shape index (κ1) is 12.5. The highest BCUT2D eigenvalue weighted by molar-refractivity contribution is 5.52. The van der Waals surface area contributed by atoms with E-state index in [2.05, 4.69) is 48.5 Å². The average molecular weight is 208 g/mol. The fourth-order valence-electron chi connectivity index (χ4n) is 2.64. The van der Waals surface area contributed by atoms with E-state index in [1.807, 2.05) is 0 Å². The number of hydrogen-bond acceptors (Lipinski definition) is 1. The third kappa shape index (κ3) is 1.78. The number of ether oxygens (including phenoxy) is 1.